The minimum atomic E-state index is 0.714. The minimum Gasteiger partial charge on any atom is -0.368 e. The maximum absolute atomic E-state index is 5.61. The van der Waals surface area contributed by atoms with Gasteiger partial charge in [0.2, 0.25) is 0 Å². The summed E-state index contributed by atoms with van der Waals surface area (Å²) in [6.45, 7) is 4.05. The van der Waals surface area contributed by atoms with Crippen molar-refractivity contribution < 1.29 is 0 Å². The fourth-order valence-electron chi connectivity index (χ4n) is 2.95. The Morgan fingerprint density at radius 1 is 1.33 bits per heavy atom. The Hall–Kier alpha value is -0.540. The predicted octanol–water partition coefficient (Wildman–Crippen LogP) is 3.72. The van der Waals surface area contributed by atoms with E-state index in [4.69, 9.17) is 5.73 Å². The molecular formula is C15H23BrN2. The lowest BCUT2D eigenvalue weighted by atomic mass is 10.1. The number of rotatable bonds is 5. The standard InChI is InChI=1S/C15H23BrN2/c1-2-18(13-5-3-4-6-13)15-8-7-12(9-10-17)11-14(15)16/h7-8,11,13H,2-6,9-10,17H2,1H3. The Kier molecular flexibility index (Phi) is 5.07. The van der Waals surface area contributed by atoms with Crippen molar-refractivity contribution in [2.24, 2.45) is 5.73 Å². The minimum absolute atomic E-state index is 0.714. The molecule has 2 nitrogen and oxygen atoms in total. The molecule has 0 spiro atoms. The van der Waals surface area contributed by atoms with Gasteiger partial charge in [-0.25, -0.2) is 0 Å². The molecule has 3 heteroatoms. The molecule has 0 heterocycles. The Morgan fingerprint density at radius 3 is 2.61 bits per heavy atom. The monoisotopic (exact) mass is 310 g/mol. The van der Waals surface area contributed by atoms with E-state index in [1.165, 1.54) is 41.4 Å². The number of anilines is 1. The van der Waals surface area contributed by atoms with Crippen molar-refractivity contribution >= 4 is 21.6 Å². The summed E-state index contributed by atoms with van der Waals surface area (Å²) in [5, 5.41) is 0. The van der Waals surface area contributed by atoms with Crippen molar-refractivity contribution in [3.63, 3.8) is 0 Å². The summed E-state index contributed by atoms with van der Waals surface area (Å²) in [5.41, 5.74) is 8.26. The summed E-state index contributed by atoms with van der Waals surface area (Å²) in [4.78, 5) is 2.54. The third-order valence-corrected chi connectivity index (χ3v) is 4.50. The zero-order valence-corrected chi connectivity index (χ0v) is 12.7. The van der Waals surface area contributed by atoms with Crippen LogP contribution in [0.2, 0.25) is 0 Å². The largest absolute Gasteiger partial charge is 0.368 e. The molecule has 0 aliphatic heterocycles. The van der Waals surface area contributed by atoms with Crippen LogP contribution in [0.15, 0.2) is 22.7 Å². The second-order valence-corrected chi connectivity index (χ2v) is 5.90. The molecule has 100 valence electrons. The molecule has 0 bridgehead atoms. The molecule has 0 amide bonds. The van der Waals surface area contributed by atoms with Crippen LogP contribution < -0.4 is 10.6 Å². The number of benzene rings is 1. The third-order valence-electron chi connectivity index (χ3n) is 3.86. The van der Waals surface area contributed by atoms with Gasteiger partial charge in [0.1, 0.15) is 0 Å². The first-order valence-corrected chi connectivity index (χ1v) is 7.80. The molecule has 1 aromatic carbocycles. The molecule has 2 N–H and O–H groups in total. The van der Waals surface area contributed by atoms with Crippen molar-refractivity contribution in [3.05, 3.63) is 28.2 Å². The lowest BCUT2D eigenvalue weighted by Crippen LogP contribution is -2.33. The Balaban J connectivity index is 2.19. The van der Waals surface area contributed by atoms with Crippen molar-refractivity contribution in [2.75, 3.05) is 18.0 Å². The van der Waals surface area contributed by atoms with Gasteiger partial charge in [0.15, 0.2) is 0 Å². The molecular weight excluding hydrogens is 288 g/mol. The molecule has 0 unspecified atom stereocenters. The van der Waals surface area contributed by atoms with Gasteiger partial charge in [-0.3, -0.25) is 0 Å². The van der Waals surface area contributed by atoms with Crippen LogP contribution in [0.5, 0.6) is 0 Å². The van der Waals surface area contributed by atoms with Crippen LogP contribution in [0.4, 0.5) is 5.69 Å². The first-order chi connectivity index (χ1) is 8.76. The maximum atomic E-state index is 5.61. The highest BCUT2D eigenvalue weighted by molar-refractivity contribution is 9.10. The van der Waals surface area contributed by atoms with Crippen LogP contribution in [-0.4, -0.2) is 19.1 Å². The molecule has 0 atom stereocenters. The van der Waals surface area contributed by atoms with Gasteiger partial charge in [-0.2, -0.15) is 0 Å². The quantitative estimate of drug-likeness (QED) is 0.898. The highest BCUT2D eigenvalue weighted by Gasteiger charge is 2.22. The van der Waals surface area contributed by atoms with Crippen molar-refractivity contribution in [2.45, 2.75) is 45.1 Å². The lowest BCUT2D eigenvalue weighted by molar-refractivity contribution is 0.619. The molecule has 1 aliphatic rings. The first-order valence-electron chi connectivity index (χ1n) is 7.01. The summed E-state index contributed by atoms with van der Waals surface area (Å²) in [6.07, 6.45) is 6.39. The van der Waals surface area contributed by atoms with E-state index in [2.05, 4.69) is 46.0 Å². The summed E-state index contributed by atoms with van der Waals surface area (Å²) in [5.74, 6) is 0. The van der Waals surface area contributed by atoms with Crippen molar-refractivity contribution in [1.29, 1.82) is 0 Å². The van der Waals surface area contributed by atoms with Gasteiger partial charge in [0.25, 0.3) is 0 Å². The Bertz CT molecular complexity index is 386. The summed E-state index contributed by atoms with van der Waals surface area (Å²) in [7, 11) is 0. The highest BCUT2D eigenvalue weighted by Crippen LogP contribution is 2.33. The zero-order valence-electron chi connectivity index (χ0n) is 11.2. The molecule has 1 saturated carbocycles. The summed E-state index contributed by atoms with van der Waals surface area (Å²) >= 11 is 3.72. The van der Waals surface area contributed by atoms with E-state index in [1.54, 1.807) is 0 Å². The van der Waals surface area contributed by atoms with E-state index in [0.29, 0.717) is 6.54 Å². The van der Waals surface area contributed by atoms with Gasteiger partial charge in [-0.1, -0.05) is 18.9 Å². The average Bonchev–Trinajstić information content (AvgIpc) is 2.87. The van der Waals surface area contributed by atoms with E-state index in [0.717, 1.165) is 19.0 Å². The maximum Gasteiger partial charge on any atom is 0.0513 e. The normalized spacial score (nSPS) is 16.2. The molecule has 1 aliphatic carbocycles. The van der Waals surface area contributed by atoms with Gasteiger partial charge in [-0.15, -0.1) is 0 Å². The van der Waals surface area contributed by atoms with Crippen LogP contribution in [0.1, 0.15) is 38.2 Å². The van der Waals surface area contributed by atoms with E-state index >= 15 is 0 Å². The number of nitrogens with two attached hydrogens (primary N) is 1. The van der Waals surface area contributed by atoms with Crippen LogP contribution in [0, 0.1) is 0 Å². The fraction of sp³-hybridized carbons (Fsp3) is 0.600. The summed E-state index contributed by atoms with van der Waals surface area (Å²) in [6, 6.07) is 7.41. The molecule has 1 aromatic rings. The molecule has 18 heavy (non-hydrogen) atoms. The average molecular weight is 311 g/mol. The van der Waals surface area contributed by atoms with E-state index in [9.17, 15) is 0 Å². The molecule has 1 fully saturated rings. The molecule has 0 aromatic heterocycles. The van der Waals surface area contributed by atoms with Gasteiger partial charge in [0, 0.05) is 17.1 Å². The number of hydrogen-bond donors (Lipinski definition) is 1. The second-order valence-electron chi connectivity index (χ2n) is 5.05. The molecule has 0 radical (unpaired) electrons. The Morgan fingerprint density at radius 2 is 2.06 bits per heavy atom. The van der Waals surface area contributed by atoms with Gasteiger partial charge in [-0.05, 0) is 66.4 Å². The highest BCUT2D eigenvalue weighted by atomic mass is 79.9. The van der Waals surface area contributed by atoms with Crippen molar-refractivity contribution in [1.82, 2.24) is 0 Å². The lowest BCUT2D eigenvalue weighted by Gasteiger charge is -2.31. The van der Waals surface area contributed by atoms with Crippen LogP contribution in [0.3, 0.4) is 0 Å². The van der Waals surface area contributed by atoms with Gasteiger partial charge >= 0.3 is 0 Å². The van der Waals surface area contributed by atoms with Crippen LogP contribution >= 0.6 is 15.9 Å². The number of hydrogen-bond acceptors (Lipinski definition) is 2. The molecule has 2 rings (SSSR count). The van der Waals surface area contributed by atoms with Crippen molar-refractivity contribution in [3.8, 4) is 0 Å². The molecule has 0 saturated heterocycles. The zero-order chi connectivity index (χ0) is 13.0. The van der Waals surface area contributed by atoms with E-state index in [1.807, 2.05) is 0 Å². The second kappa shape index (κ2) is 6.58. The number of halogens is 1. The topological polar surface area (TPSA) is 29.3 Å². The predicted molar refractivity (Wildman–Crippen MR) is 82.2 cm³/mol. The SMILES string of the molecule is CCN(c1ccc(CCN)cc1Br)C1CCCC1. The van der Waals surface area contributed by atoms with Gasteiger partial charge in [0.05, 0.1) is 5.69 Å². The van der Waals surface area contributed by atoms with Gasteiger partial charge < -0.3 is 10.6 Å². The van der Waals surface area contributed by atoms with Crippen LogP contribution in [0.25, 0.3) is 0 Å². The van der Waals surface area contributed by atoms with E-state index < -0.39 is 0 Å². The Labute approximate surface area is 119 Å². The number of nitrogens with zero attached hydrogens (tertiary/aromatic N) is 1. The summed E-state index contributed by atoms with van der Waals surface area (Å²) < 4.78 is 1.21. The smallest absolute Gasteiger partial charge is 0.0513 e. The van der Waals surface area contributed by atoms with Crippen LogP contribution in [-0.2, 0) is 6.42 Å². The van der Waals surface area contributed by atoms with E-state index in [-0.39, 0.29) is 0 Å². The fourth-order valence-corrected chi connectivity index (χ4v) is 3.60. The first kappa shape index (κ1) is 13.9. The third kappa shape index (κ3) is 3.07.